The molecule has 39 heavy (non-hydrogen) atoms. The number of aryl methyl sites for hydroxylation is 1. The minimum atomic E-state index is -0.487. The number of rotatable bonds is 8. The molecule has 0 aliphatic carbocycles. The molecule has 4 heterocycles. The van der Waals surface area contributed by atoms with Crippen molar-refractivity contribution in [3.8, 4) is 11.1 Å². The molecular weight excluding hydrogens is 525 g/mol. The minimum absolute atomic E-state index is 0.0443. The number of hydrogen-bond acceptors (Lipinski definition) is 6. The number of amides is 2. The molecule has 0 radical (unpaired) electrons. The third-order valence-corrected chi connectivity index (χ3v) is 7.01. The van der Waals surface area contributed by atoms with Gasteiger partial charge in [-0.05, 0) is 35.9 Å². The zero-order valence-electron chi connectivity index (χ0n) is 21.6. The zero-order valence-corrected chi connectivity index (χ0v) is 22.4. The highest BCUT2D eigenvalue weighted by Crippen LogP contribution is 2.34. The summed E-state index contributed by atoms with van der Waals surface area (Å²) in [5.41, 5.74) is 2.61. The van der Waals surface area contributed by atoms with E-state index in [1.165, 1.54) is 25.2 Å². The van der Waals surface area contributed by atoms with E-state index >= 15 is 0 Å². The summed E-state index contributed by atoms with van der Waals surface area (Å²) < 4.78 is 23.1. The summed E-state index contributed by atoms with van der Waals surface area (Å²) in [4.78, 5) is 32.2. The number of anilines is 2. The fourth-order valence-electron chi connectivity index (χ4n) is 4.75. The van der Waals surface area contributed by atoms with Gasteiger partial charge in [0.15, 0.2) is 0 Å². The quantitative estimate of drug-likeness (QED) is 0.344. The molecule has 0 saturated heterocycles. The molecule has 202 valence electrons. The number of nitrogens with zero attached hydrogens (tertiary/aromatic N) is 5. The summed E-state index contributed by atoms with van der Waals surface area (Å²) in [5.74, 6) is 0.221. The second-order valence-corrected chi connectivity index (χ2v) is 9.61. The first kappa shape index (κ1) is 26.4. The highest BCUT2D eigenvalue weighted by atomic mass is 35.5. The first-order chi connectivity index (χ1) is 18.8. The van der Waals surface area contributed by atoms with E-state index in [1.807, 2.05) is 29.9 Å². The summed E-state index contributed by atoms with van der Waals surface area (Å²) in [5, 5.41) is 10.4. The molecule has 1 aliphatic rings. The van der Waals surface area contributed by atoms with E-state index < -0.39 is 5.82 Å². The average Bonchev–Trinajstić information content (AvgIpc) is 3.53. The Balaban J connectivity index is 1.48. The third kappa shape index (κ3) is 5.23. The van der Waals surface area contributed by atoms with Crippen LogP contribution in [-0.4, -0.2) is 62.9 Å². The van der Waals surface area contributed by atoms with Crippen molar-refractivity contribution in [2.24, 2.45) is 7.05 Å². The molecule has 5 rings (SSSR count). The maximum atomic E-state index is 14.2. The molecule has 4 aromatic rings. The van der Waals surface area contributed by atoms with Crippen molar-refractivity contribution >= 4 is 35.1 Å². The fraction of sp³-hybridized carbons (Fsp3) is 0.259. The second kappa shape index (κ2) is 10.9. The zero-order chi connectivity index (χ0) is 27.7. The standard InChI is InChI=1S/C27H27ClFN7O3/c1-30-26(37)20-5-4-18(29)8-16(20)13-36-19(15-39-3)14-35-12-17(9-23(35)27(36)38)21-10-24(31-11-22(21)28)33-25-6-7-32-34(25)2/h4-12,19H,13-15H2,1-3H3,(H,30,37)(H,31,33)/t19-/m1/s1. The van der Waals surface area contributed by atoms with Crippen molar-refractivity contribution in [3.05, 3.63) is 82.6 Å². The van der Waals surface area contributed by atoms with Gasteiger partial charge in [-0.2, -0.15) is 5.10 Å². The number of nitrogens with one attached hydrogen (secondary N) is 2. The summed E-state index contributed by atoms with van der Waals surface area (Å²) in [7, 11) is 4.88. The number of ether oxygens (including phenoxy) is 1. The molecule has 2 N–H and O–H groups in total. The summed E-state index contributed by atoms with van der Waals surface area (Å²) in [6.45, 7) is 0.753. The number of carbonyl (C=O) groups is 2. The van der Waals surface area contributed by atoms with Crippen molar-refractivity contribution < 1.29 is 18.7 Å². The van der Waals surface area contributed by atoms with Crippen molar-refractivity contribution in [3.63, 3.8) is 0 Å². The Labute approximate surface area is 229 Å². The Morgan fingerprint density at radius 2 is 2.08 bits per heavy atom. The van der Waals surface area contributed by atoms with Gasteiger partial charge in [0, 0.05) is 69.4 Å². The lowest BCUT2D eigenvalue weighted by Crippen LogP contribution is -2.49. The van der Waals surface area contributed by atoms with Crippen LogP contribution in [0.4, 0.5) is 16.0 Å². The van der Waals surface area contributed by atoms with Gasteiger partial charge in [0.2, 0.25) is 0 Å². The summed E-state index contributed by atoms with van der Waals surface area (Å²) in [6.07, 6.45) is 5.11. The normalized spacial score (nSPS) is 14.8. The molecular formula is C27H27ClFN7O3. The summed E-state index contributed by atoms with van der Waals surface area (Å²) in [6, 6.07) is 9.01. The maximum absolute atomic E-state index is 14.2. The molecule has 0 saturated carbocycles. The highest BCUT2D eigenvalue weighted by molar-refractivity contribution is 6.33. The predicted octanol–water partition coefficient (Wildman–Crippen LogP) is 3.85. The van der Waals surface area contributed by atoms with Crippen LogP contribution in [0.25, 0.3) is 11.1 Å². The molecule has 0 bridgehead atoms. The summed E-state index contributed by atoms with van der Waals surface area (Å²) >= 11 is 6.53. The molecule has 1 atom stereocenters. The van der Waals surface area contributed by atoms with Gasteiger partial charge in [-0.1, -0.05) is 11.6 Å². The average molecular weight is 552 g/mol. The van der Waals surface area contributed by atoms with Gasteiger partial charge in [-0.3, -0.25) is 14.3 Å². The van der Waals surface area contributed by atoms with Crippen LogP contribution >= 0.6 is 11.6 Å². The van der Waals surface area contributed by atoms with Crippen LogP contribution < -0.4 is 10.6 Å². The van der Waals surface area contributed by atoms with Crippen LogP contribution in [0, 0.1) is 5.82 Å². The third-order valence-electron chi connectivity index (χ3n) is 6.71. The van der Waals surface area contributed by atoms with Crippen LogP contribution in [0.15, 0.2) is 55.0 Å². The van der Waals surface area contributed by atoms with Crippen molar-refractivity contribution in [1.29, 1.82) is 0 Å². The number of carbonyl (C=O) groups excluding carboxylic acids is 2. The van der Waals surface area contributed by atoms with Crippen molar-refractivity contribution in [2.75, 3.05) is 26.1 Å². The molecule has 1 aliphatic heterocycles. The van der Waals surface area contributed by atoms with Gasteiger partial charge < -0.3 is 24.8 Å². The maximum Gasteiger partial charge on any atom is 0.271 e. The Morgan fingerprint density at radius 3 is 2.79 bits per heavy atom. The van der Waals surface area contributed by atoms with Crippen LogP contribution in [0.3, 0.4) is 0 Å². The first-order valence-corrected chi connectivity index (χ1v) is 12.6. The monoisotopic (exact) mass is 551 g/mol. The lowest BCUT2D eigenvalue weighted by molar-refractivity contribution is 0.0387. The van der Waals surface area contributed by atoms with Crippen molar-refractivity contribution in [2.45, 2.75) is 19.1 Å². The largest absolute Gasteiger partial charge is 0.382 e. The van der Waals surface area contributed by atoms with Gasteiger partial charge in [-0.25, -0.2) is 9.37 Å². The topological polar surface area (TPSA) is 106 Å². The van der Waals surface area contributed by atoms with E-state index in [4.69, 9.17) is 16.3 Å². The number of benzene rings is 1. The minimum Gasteiger partial charge on any atom is -0.382 e. The molecule has 12 heteroatoms. The van der Waals surface area contributed by atoms with Crippen LogP contribution in [0.1, 0.15) is 26.4 Å². The first-order valence-electron chi connectivity index (χ1n) is 12.2. The predicted molar refractivity (Wildman–Crippen MR) is 144 cm³/mol. The molecule has 3 aromatic heterocycles. The van der Waals surface area contributed by atoms with Gasteiger partial charge in [-0.15, -0.1) is 0 Å². The van der Waals surface area contributed by atoms with Gasteiger partial charge in [0.05, 0.1) is 23.9 Å². The van der Waals surface area contributed by atoms with Gasteiger partial charge in [0.1, 0.15) is 23.1 Å². The molecule has 0 unspecified atom stereocenters. The van der Waals surface area contributed by atoms with E-state index in [1.54, 1.807) is 35.2 Å². The Bertz CT molecular complexity index is 1550. The van der Waals surface area contributed by atoms with Crippen LogP contribution in [0.5, 0.6) is 0 Å². The molecule has 2 amide bonds. The Hall–Kier alpha value is -4.22. The lowest BCUT2D eigenvalue weighted by Gasteiger charge is -2.36. The number of methoxy groups -OCH3 is 1. The van der Waals surface area contributed by atoms with Gasteiger partial charge in [0.25, 0.3) is 11.8 Å². The highest BCUT2D eigenvalue weighted by Gasteiger charge is 2.34. The van der Waals surface area contributed by atoms with E-state index in [0.29, 0.717) is 39.8 Å². The van der Waals surface area contributed by atoms with E-state index in [2.05, 4.69) is 20.7 Å². The smallest absolute Gasteiger partial charge is 0.271 e. The number of fused-ring (bicyclic) bond motifs is 1. The van der Waals surface area contributed by atoms with Crippen LogP contribution in [-0.2, 0) is 24.9 Å². The van der Waals surface area contributed by atoms with E-state index in [-0.39, 0.29) is 31.0 Å². The van der Waals surface area contributed by atoms with Crippen LogP contribution in [0.2, 0.25) is 5.02 Å². The molecule has 1 aromatic carbocycles. The van der Waals surface area contributed by atoms with E-state index in [0.717, 1.165) is 11.4 Å². The molecule has 10 nitrogen and oxygen atoms in total. The fourth-order valence-corrected chi connectivity index (χ4v) is 4.96. The van der Waals surface area contributed by atoms with Gasteiger partial charge >= 0.3 is 0 Å². The Morgan fingerprint density at radius 1 is 1.26 bits per heavy atom. The number of hydrogen-bond donors (Lipinski definition) is 2. The number of halogens is 2. The van der Waals surface area contributed by atoms with Crippen molar-refractivity contribution in [1.82, 2.24) is 29.5 Å². The number of aromatic nitrogens is 4. The SMILES string of the molecule is CNC(=O)c1ccc(F)cc1CN1C(=O)c2cc(-c3cc(Nc4ccnn4C)ncc3Cl)cn2C[C@@H]1COC. The van der Waals surface area contributed by atoms with E-state index in [9.17, 15) is 14.0 Å². The molecule has 0 spiro atoms. The second-order valence-electron chi connectivity index (χ2n) is 9.20. The lowest BCUT2D eigenvalue weighted by atomic mass is 10.0. The number of pyridine rings is 1. The molecule has 0 fully saturated rings. The Kier molecular flexibility index (Phi) is 7.36.